The van der Waals surface area contributed by atoms with Gasteiger partial charge in [-0.3, -0.25) is 19.4 Å². The number of carboxylic acid groups (broad SMARTS) is 1. The van der Waals surface area contributed by atoms with Crippen molar-refractivity contribution in [3.05, 3.63) is 0 Å². The number of carbonyl (C=O) groups is 4. The number of guanidine groups is 1. The number of hydrogen-bond donors (Lipinski definition) is 7. The predicted molar refractivity (Wildman–Crippen MR) is 125 cm³/mol. The van der Waals surface area contributed by atoms with Crippen LogP contribution >= 0.6 is 0 Å². The molecule has 6 atom stereocenters. The van der Waals surface area contributed by atoms with Crippen LogP contribution in [0.2, 0.25) is 0 Å². The third-order valence-corrected chi connectivity index (χ3v) is 6.00. The van der Waals surface area contributed by atoms with Crippen LogP contribution in [0.1, 0.15) is 52.9 Å². The third kappa shape index (κ3) is 8.45. The Kier molecular flexibility index (Phi) is 11.7. The normalized spacial score (nSPS) is 19.9. The number of rotatable bonds is 13. The minimum atomic E-state index is -1.24. The molecule has 0 aromatic carbocycles. The Balaban J connectivity index is 3.01. The van der Waals surface area contributed by atoms with Crippen LogP contribution < -0.4 is 27.8 Å². The molecule has 194 valence electrons. The molecule has 0 aromatic rings. The van der Waals surface area contributed by atoms with Crippen molar-refractivity contribution < 1.29 is 29.4 Å². The molecule has 0 radical (unpaired) electrons. The highest BCUT2D eigenvalue weighted by atomic mass is 16.4. The molecule has 13 heteroatoms. The summed E-state index contributed by atoms with van der Waals surface area (Å²) in [4.78, 5) is 55.5. The summed E-state index contributed by atoms with van der Waals surface area (Å²) in [5, 5.41) is 24.2. The Morgan fingerprint density at radius 1 is 1.18 bits per heavy atom. The fourth-order valence-electron chi connectivity index (χ4n) is 3.68. The Hall–Kier alpha value is -2.93. The molecule has 1 aliphatic heterocycles. The molecule has 1 saturated heterocycles. The van der Waals surface area contributed by atoms with Crippen molar-refractivity contribution in [3.63, 3.8) is 0 Å². The molecule has 0 aliphatic carbocycles. The molecule has 0 bridgehead atoms. The summed E-state index contributed by atoms with van der Waals surface area (Å²) in [6.45, 7) is 5.41. The third-order valence-electron chi connectivity index (χ3n) is 6.00. The van der Waals surface area contributed by atoms with Crippen LogP contribution in [0, 0.1) is 5.92 Å². The second-order valence-corrected chi connectivity index (χ2v) is 8.68. The quantitative estimate of drug-likeness (QED) is 0.0854. The molecule has 0 saturated carbocycles. The lowest BCUT2D eigenvalue weighted by atomic mass is 9.98. The van der Waals surface area contributed by atoms with E-state index in [4.69, 9.17) is 17.2 Å². The number of nitrogens with zero attached hydrogens (tertiary/aromatic N) is 2. The molecule has 1 aliphatic rings. The zero-order valence-electron chi connectivity index (χ0n) is 20.1. The van der Waals surface area contributed by atoms with Gasteiger partial charge in [-0.05, 0) is 38.5 Å². The highest BCUT2D eigenvalue weighted by molar-refractivity contribution is 5.94. The molecule has 0 aromatic heterocycles. The van der Waals surface area contributed by atoms with E-state index in [1.54, 1.807) is 6.92 Å². The molecular formula is C21H39N7O6. The summed E-state index contributed by atoms with van der Waals surface area (Å²) in [6.07, 6.45) is 0.870. The van der Waals surface area contributed by atoms with Gasteiger partial charge in [0.05, 0.1) is 6.10 Å². The van der Waals surface area contributed by atoms with Crippen molar-refractivity contribution in [3.8, 4) is 0 Å². The highest BCUT2D eigenvalue weighted by Crippen LogP contribution is 2.21. The zero-order chi connectivity index (χ0) is 26.0. The van der Waals surface area contributed by atoms with Crippen molar-refractivity contribution in [1.82, 2.24) is 15.5 Å². The lowest BCUT2D eigenvalue weighted by molar-refractivity contribution is -0.146. The molecular weight excluding hydrogens is 446 g/mol. The maximum atomic E-state index is 13.4. The highest BCUT2D eigenvalue weighted by Gasteiger charge is 2.39. The summed E-state index contributed by atoms with van der Waals surface area (Å²) in [7, 11) is 0. The first-order valence-corrected chi connectivity index (χ1v) is 11.5. The summed E-state index contributed by atoms with van der Waals surface area (Å²) < 4.78 is 0. The van der Waals surface area contributed by atoms with Crippen LogP contribution in [0.3, 0.4) is 0 Å². The summed E-state index contributed by atoms with van der Waals surface area (Å²) in [6, 6.07) is -4.20. The maximum Gasteiger partial charge on any atom is 0.326 e. The Morgan fingerprint density at radius 3 is 2.35 bits per heavy atom. The van der Waals surface area contributed by atoms with E-state index in [0.29, 0.717) is 25.7 Å². The van der Waals surface area contributed by atoms with Crippen LogP contribution in [-0.2, 0) is 19.2 Å². The van der Waals surface area contributed by atoms with E-state index in [1.165, 1.54) is 11.8 Å². The monoisotopic (exact) mass is 485 g/mol. The van der Waals surface area contributed by atoms with Gasteiger partial charge >= 0.3 is 5.97 Å². The van der Waals surface area contributed by atoms with Gasteiger partial charge < -0.3 is 42.9 Å². The van der Waals surface area contributed by atoms with Gasteiger partial charge in [-0.15, -0.1) is 0 Å². The van der Waals surface area contributed by atoms with Crippen LogP contribution in [0.4, 0.5) is 0 Å². The van der Waals surface area contributed by atoms with Crippen LogP contribution in [0.25, 0.3) is 0 Å². The lowest BCUT2D eigenvalue weighted by Gasteiger charge is -2.30. The predicted octanol–water partition coefficient (Wildman–Crippen LogP) is -2.16. The number of nitrogens with one attached hydrogen (secondary N) is 2. The first-order valence-electron chi connectivity index (χ1n) is 11.5. The van der Waals surface area contributed by atoms with Gasteiger partial charge in [-0.25, -0.2) is 4.79 Å². The number of carbonyl (C=O) groups excluding carboxylic acids is 3. The fourth-order valence-corrected chi connectivity index (χ4v) is 3.68. The average molecular weight is 486 g/mol. The van der Waals surface area contributed by atoms with Gasteiger partial charge in [0.15, 0.2) is 5.96 Å². The van der Waals surface area contributed by atoms with Gasteiger partial charge in [0.25, 0.3) is 0 Å². The number of hydrogen-bond acceptors (Lipinski definition) is 7. The average Bonchev–Trinajstić information content (AvgIpc) is 3.27. The van der Waals surface area contributed by atoms with Gasteiger partial charge in [0.1, 0.15) is 24.2 Å². The van der Waals surface area contributed by atoms with Crippen LogP contribution in [0.15, 0.2) is 4.99 Å². The van der Waals surface area contributed by atoms with Crippen molar-refractivity contribution in [2.45, 2.75) is 83.1 Å². The number of aliphatic hydroxyl groups excluding tert-OH is 1. The van der Waals surface area contributed by atoms with E-state index >= 15 is 0 Å². The van der Waals surface area contributed by atoms with Gasteiger partial charge in [0, 0.05) is 13.1 Å². The fraction of sp³-hybridized carbons (Fsp3) is 0.762. The molecule has 1 fully saturated rings. The number of amides is 3. The van der Waals surface area contributed by atoms with Gasteiger partial charge in [-0.1, -0.05) is 20.3 Å². The minimum Gasteiger partial charge on any atom is -0.480 e. The van der Waals surface area contributed by atoms with Crippen molar-refractivity contribution in [1.29, 1.82) is 0 Å². The van der Waals surface area contributed by atoms with Crippen LogP contribution in [-0.4, -0.2) is 88.1 Å². The summed E-state index contributed by atoms with van der Waals surface area (Å²) in [5.74, 6) is -3.30. The first-order chi connectivity index (χ1) is 15.9. The number of aliphatic hydroxyl groups is 1. The van der Waals surface area contributed by atoms with Crippen molar-refractivity contribution in [2.24, 2.45) is 28.1 Å². The van der Waals surface area contributed by atoms with E-state index < -0.39 is 54.0 Å². The number of nitrogens with two attached hydrogens (primary N) is 3. The van der Waals surface area contributed by atoms with E-state index in [1.807, 2.05) is 6.92 Å². The molecule has 34 heavy (non-hydrogen) atoms. The molecule has 3 amide bonds. The Bertz CT molecular complexity index is 756. The smallest absolute Gasteiger partial charge is 0.326 e. The van der Waals surface area contributed by atoms with Crippen molar-refractivity contribution in [2.75, 3.05) is 13.1 Å². The number of carboxylic acids is 1. The molecule has 0 spiro atoms. The first kappa shape index (κ1) is 29.1. The Morgan fingerprint density at radius 2 is 1.82 bits per heavy atom. The number of likely N-dealkylation sites (tertiary alicyclic amines) is 1. The van der Waals surface area contributed by atoms with E-state index in [2.05, 4.69) is 15.6 Å². The zero-order valence-corrected chi connectivity index (χ0v) is 20.1. The lowest BCUT2D eigenvalue weighted by Crippen LogP contribution is -2.58. The SMILES string of the molecule is CCC(C)C(NC(=O)C1CCCN1C(=O)C(CCCN=C(N)N)NC(=O)C(N)C(C)O)C(=O)O. The molecule has 6 unspecified atom stereocenters. The second-order valence-electron chi connectivity index (χ2n) is 8.68. The topological polar surface area (TPSA) is 226 Å². The maximum absolute atomic E-state index is 13.4. The minimum absolute atomic E-state index is 0.103. The van der Waals surface area contributed by atoms with Crippen molar-refractivity contribution >= 4 is 29.7 Å². The van der Waals surface area contributed by atoms with E-state index in [9.17, 15) is 29.4 Å². The number of aliphatic carboxylic acids is 1. The Labute approximate surface area is 199 Å². The molecule has 10 N–H and O–H groups in total. The van der Waals surface area contributed by atoms with E-state index in [-0.39, 0.29) is 31.4 Å². The van der Waals surface area contributed by atoms with E-state index in [0.717, 1.165) is 0 Å². The second kappa shape index (κ2) is 13.7. The largest absolute Gasteiger partial charge is 0.480 e. The van der Waals surface area contributed by atoms with Gasteiger partial charge in [-0.2, -0.15) is 0 Å². The summed E-state index contributed by atoms with van der Waals surface area (Å²) in [5.41, 5.74) is 16.3. The standard InChI is InChI=1S/C21H39N7O6/c1-4-11(2)16(20(33)34)27-17(30)14-8-6-10-28(14)19(32)13(7-5-9-25-21(23)24)26-18(31)15(22)12(3)29/h11-16,29H,4-10,22H2,1-3H3,(H,26,31)(H,27,30)(H,33,34)(H4,23,24,25). The molecule has 1 heterocycles. The molecule has 1 rings (SSSR count). The van der Waals surface area contributed by atoms with Crippen LogP contribution in [0.5, 0.6) is 0 Å². The molecule has 13 nitrogen and oxygen atoms in total. The summed E-state index contributed by atoms with van der Waals surface area (Å²) >= 11 is 0. The van der Waals surface area contributed by atoms with Gasteiger partial charge in [0.2, 0.25) is 17.7 Å². The number of aliphatic imine (C=N–C) groups is 1.